The first-order valence-electron chi connectivity index (χ1n) is 4.86. The summed E-state index contributed by atoms with van der Waals surface area (Å²) in [7, 11) is 0. The molecule has 1 amide bonds. The van der Waals surface area contributed by atoms with E-state index in [4.69, 9.17) is 5.11 Å². The first kappa shape index (κ1) is 13.3. The van der Waals surface area contributed by atoms with Crippen molar-refractivity contribution in [2.24, 2.45) is 0 Å². The van der Waals surface area contributed by atoms with Crippen LogP contribution in [0.25, 0.3) is 0 Å². The van der Waals surface area contributed by atoms with Crippen molar-refractivity contribution in [3.05, 3.63) is 23.9 Å². The molecule has 0 saturated heterocycles. The number of carbonyl (C=O) groups is 1. The Hall–Kier alpha value is -1.76. The Kier molecular flexibility index (Phi) is 4.77. The molecule has 0 aromatic carbocycles. The predicted octanol–water partition coefficient (Wildman–Crippen LogP) is 0.794. The smallest absolute Gasteiger partial charge is 0.388 e. The van der Waals surface area contributed by atoms with E-state index >= 15 is 0 Å². The normalized spacial score (nSPS) is 12.3. The molecular weight excluding hydrogens is 234 g/mol. The third kappa shape index (κ3) is 4.31. The van der Waals surface area contributed by atoms with Gasteiger partial charge in [0.25, 0.3) is 5.91 Å². The van der Waals surface area contributed by atoms with Crippen LogP contribution in [-0.4, -0.2) is 35.3 Å². The van der Waals surface area contributed by atoms with Gasteiger partial charge in [0.15, 0.2) is 0 Å². The molecular formula is C10H12F2N2O3. The zero-order valence-corrected chi connectivity index (χ0v) is 9.06. The lowest BCUT2D eigenvalue weighted by Gasteiger charge is -2.10. The zero-order valence-electron chi connectivity index (χ0n) is 9.06. The highest BCUT2D eigenvalue weighted by Gasteiger charge is 2.16. The zero-order chi connectivity index (χ0) is 12.8. The second-order valence-corrected chi connectivity index (χ2v) is 3.29. The molecule has 1 rings (SSSR count). The van der Waals surface area contributed by atoms with Gasteiger partial charge in [-0.25, -0.2) is 4.98 Å². The number of hydrogen-bond acceptors (Lipinski definition) is 4. The second kappa shape index (κ2) is 6.09. The topological polar surface area (TPSA) is 71.5 Å². The van der Waals surface area contributed by atoms with Gasteiger partial charge in [0.1, 0.15) is 5.56 Å². The monoisotopic (exact) mass is 246 g/mol. The number of halogens is 2. The lowest BCUT2D eigenvalue weighted by Crippen LogP contribution is -2.31. The Balaban J connectivity index is 2.78. The molecule has 7 heteroatoms. The van der Waals surface area contributed by atoms with E-state index in [1.165, 1.54) is 25.3 Å². The molecule has 1 aromatic heterocycles. The molecule has 0 radical (unpaired) electrons. The van der Waals surface area contributed by atoms with E-state index in [1.54, 1.807) is 0 Å². The first-order valence-corrected chi connectivity index (χ1v) is 4.86. The van der Waals surface area contributed by atoms with Crippen molar-refractivity contribution >= 4 is 5.91 Å². The van der Waals surface area contributed by atoms with Gasteiger partial charge in [-0.2, -0.15) is 8.78 Å². The largest absolute Gasteiger partial charge is 0.416 e. The van der Waals surface area contributed by atoms with Crippen LogP contribution in [0.2, 0.25) is 0 Å². The number of nitrogens with one attached hydrogen (secondary N) is 1. The molecule has 0 spiro atoms. The van der Waals surface area contributed by atoms with Gasteiger partial charge in [-0.3, -0.25) is 4.79 Å². The van der Waals surface area contributed by atoms with Gasteiger partial charge in [-0.15, -0.1) is 0 Å². The first-order chi connectivity index (χ1) is 8.00. The summed E-state index contributed by atoms with van der Waals surface area (Å²) in [5, 5.41) is 11.3. The van der Waals surface area contributed by atoms with E-state index in [1.807, 2.05) is 0 Å². The molecule has 0 aliphatic heterocycles. The number of hydrogen-bond donors (Lipinski definition) is 2. The fraction of sp³-hybridized carbons (Fsp3) is 0.400. The molecule has 1 atom stereocenters. The van der Waals surface area contributed by atoms with Crippen molar-refractivity contribution in [3.8, 4) is 5.88 Å². The lowest BCUT2D eigenvalue weighted by molar-refractivity contribution is -0.0532. The maximum atomic E-state index is 12.0. The van der Waals surface area contributed by atoms with Crippen molar-refractivity contribution in [3.63, 3.8) is 0 Å². The third-order valence-corrected chi connectivity index (χ3v) is 1.77. The summed E-state index contributed by atoms with van der Waals surface area (Å²) in [6.45, 7) is -1.55. The molecule has 0 fully saturated rings. The van der Waals surface area contributed by atoms with Crippen molar-refractivity contribution < 1.29 is 23.4 Å². The fourth-order valence-corrected chi connectivity index (χ4v) is 1.08. The summed E-state index contributed by atoms with van der Waals surface area (Å²) in [6, 6.07) is 2.73. The maximum absolute atomic E-state index is 12.0. The second-order valence-electron chi connectivity index (χ2n) is 3.29. The van der Waals surface area contributed by atoms with Gasteiger partial charge in [-0.1, -0.05) is 0 Å². The average molecular weight is 246 g/mol. The maximum Gasteiger partial charge on any atom is 0.388 e. The molecule has 2 N–H and O–H groups in total. The van der Waals surface area contributed by atoms with Crippen LogP contribution in [0.4, 0.5) is 8.78 Å². The Morgan fingerprint density at radius 2 is 2.35 bits per heavy atom. The highest BCUT2D eigenvalue weighted by molar-refractivity contribution is 5.96. The van der Waals surface area contributed by atoms with Gasteiger partial charge in [0.05, 0.1) is 6.10 Å². The third-order valence-electron chi connectivity index (χ3n) is 1.77. The highest BCUT2D eigenvalue weighted by atomic mass is 19.3. The average Bonchev–Trinajstić information content (AvgIpc) is 2.25. The molecule has 1 heterocycles. The number of amides is 1. The van der Waals surface area contributed by atoms with Crippen LogP contribution in [-0.2, 0) is 0 Å². The van der Waals surface area contributed by atoms with Crippen LogP contribution >= 0.6 is 0 Å². The summed E-state index contributed by atoms with van der Waals surface area (Å²) in [6.07, 6.45) is 0.512. The molecule has 0 aliphatic rings. The number of aliphatic hydroxyl groups excluding tert-OH is 1. The number of ether oxygens (including phenoxy) is 1. The Morgan fingerprint density at radius 3 is 2.94 bits per heavy atom. The van der Waals surface area contributed by atoms with Crippen molar-refractivity contribution in [1.82, 2.24) is 10.3 Å². The quantitative estimate of drug-likeness (QED) is 0.805. The van der Waals surface area contributed by atoms with E-state index < -0.39 is 24.5 Å². The van der Waals surface area contributed by atoms with Gasteiger partial charge < -0.3 is 15.2 Å². The summed E-state index contributed by atoms with van der Waals surface area (Å²) in [4.78, 5) is 15.1. The van der Waals surface area contributed by atoms with Crippen LogP contribution in [0, 0.1) is 0 Å². The predicted molar refractivity (Wildman–Crippen MR) is 54.9 cm³/mol. The number of aliphatic hydroxyl groups is 1. The number of aromatic nitrogens is 1. The van der Waals surface area contributed by atoms with E-state index in [9.17, 15) is 13.6 Å². The van der Waals surface area contributed by atoms with Crippen LogP contribution < -0.4 is 10.1 Å². The summed E-state index contributed by atoms with van der Waals surface area (Å²) in [5.74, 6) is -1.07. The van der Waals surface area contributed by atoms with Crippen LogP contribution in [0.3, 0.4) is 0 Å². The van der Waals surface area contributed by atoms with E-state index in [0.29, 0.717) is 0 Å². The van der Waals surface area contributed by atoms with Crippen molar-refractivity contribution in [2.45, 2.75) is 19.6 Å². The minimum absolute atomic E-state index is 0.0157. The SMILES string of the molecule is CC(O)CNC(=O)c1cccnc1OC(F)F. The number of rotatable bonds is 5. The molecule has 0 saturated carbocycles. The number of nitrogens with zero attached hydrogens (tertiary/aromatic N) is 1. The summed E-state index contributed by atoms with van der Waals surface area (Å²) < 4.78 is 28.2. The molecule has 5 nitrogen and oxygen atoms in total. The molecule has 0 bridgehead atoms. The fourth-order valence-electron chi connectivity index (χ4n) is 1.08. The van der Waals surface area contributed by atoms with E-state index in [-0.39, 0.29) is 12.1 Å². The minimum atomic E-state index is -3.05. The number of carbonyl (C=O) groups excluding carboxylic acids is 1. The summed E-state index contributed by atoms with van der Waals surface area (Å²) in [5.41, 5.74) is -0.103. The van der Waals surface area contributed by atoms with Gasteiger partial charge >= 0.3 is 6.61 Å². The molecule has 94 valence electrons. The number of pyridine rings is 1. The van der Waals surface area contributed by atoms with Gasteiger partial charge in [0, 0.05) is 12.7 Å². The minimum Gasteiger partial charge on any atom is -0.416 e. The highest BCUT2D eigenvalue weighted by Crippen LogP contribution is 2.16. The molecule has 1 aromatic rings. The van der Waals surface area contributed by atoms with Crippen LogP contribution in [0.1, 0.15) is 17.3 Å². The van der Waals surface area contributed by atoms with Crippen LogP contribution in [0.15, 0.2) is 18.3 Å². The molecule has 0 aliphatic carbocycles. The Labute approximate surface area is 96.4 Å². The Bertz CT molecular complexity index is 386. The van der Waals surface area contributed by atoms with E-state index in [2.05, 4.69) is 15.0 Å². The van der Waals surface area contributed by atoms with Gasteiger partial charge in [-0.05, 0) is 19.1 Å². The van der Waals surface area contributed by atoms with Crippen LogP contribution in [0.5, 0.6) is 5.88 Å². The standard InChI is InChI=1S/C10H12F2N2O3/c1-6(15)5-14-8(16)7-3-2-4-13-9(7)17-10(11)12/h2-4,6,10,15H,5H2,1H3,(H,14,16). The molecule has 1 unspecified atom stereocenters. The van der Waals surface area contributed by atoms with Crippen molar-refractivity contribution in [1.29, 1.82) is 0 Å². The number of alkyl halides is 2. The summed E-state index contributed by atoms with van der Waals surface area (Å²) >= 11 is 0. The lowest BCUT2D eigenvalue weighted by atomic mass is 10.2. The molecule has 17 heavy (non-hydrogen) atoms. The Morgan fingerprint density at radius 1 is 1.65 bits per heavy atom. The van der Waals surface area contributed by atoms with Crippen molar-refractivity contribution in [2.75, 3.05) is 6.54 Å². The van der Waals surface area contributed by atoms with Gasteiger partial charge in [0.2, 0.25) is 5.88 Å². The van der Waals surface area contributed by atoms with E-state index in [0.717, 1.165) is 0 Å².